The molecule has 0 radical (unpaired) electrons. The van der Waals surface area contributed by atoms with Crippen molar-refractivity contribution in [1.29, 1.82) is 0 Å². The molecule has 3 N–H and O–H groups in total. The number of anilines is 2. The summed E-state index contributed by atoms with van der Waals surface area (Å²) in [4.78, 5) is 18.7. The number of carbonyl (C=O) groups is 1. The van der Waals surface area contributed by atoms with E-state index >= 15 is 0 Å². The Labute approximate surface area is 119 Å². The molecule has 0 bridgehead atoms. The molecular formula is C13H24N4OS. The van der Waals surface area contributed by atoms with Gasteiger partial charge in [-0.3, -0.25) is 4.79 Å². The number of nitrogens with two attached hydrogens (primary N) is 1. The number of carbonyl (C=O) groups excluding carboxylic acids is 1. The van der Waals surface area contributed by atoms with Crippen molar-refractivity contribution < 1.29 is 4.79 Å². The second-order valence-corrected chi connectivity index (χ2v) is 6.07. The Bertz CT molecular complexity index is 417. The molecule has 1 aromatic rings. The van der Waals surface area contributed by atoms with Gasteiger partial charge >= 0.3 is 0 Å². The molecule has 1 aromatic heterocycles. The lowest BCUT2D eigenvalue weighted by Gasteiger charge is -2.17. The molecule has 0 saturated heterocycles. The van der Waals surface area contributed by atoms with E-state index in [0.717, 1.165) is 31.1 Å². The molecule has 0 saturated carbocycles. The van der Waals surface area contributed by atoms with Crippen LogP contribution < -0.4 is 11.1 Å². The molecule has 1 heterocycles. The molecule has 19 heavy (non-hydrogen) atoms. The first kappa shape index (κ1) is 15.8. The molecule has 0 fully saturated rings. The first-order valence-electron chi connectivity index (χ1n) is 6.71. The van der Waals surface area contributed by atoms with Gasteiger partial charge in [-0.05, 0) is 18.8 Å². The summed E-state index contributed by atoms with van der Waals surface area (Å²) in [6, 6.07) is 0. The van der Waals surface area contributed by atoms with Crippen LogP contribution in [0.25, 0.3) is 0 Å². The van der Waals surface area contributed by atoms with Crippen molar-refractivity contribution in [3.05, 3.63) is 4.88 Å². The highest BCUT2D eigenvalue weighted by Gasteiger charge is 2.19. The van der Waals surface area contributed by atoms with E-state index in [2.05, 4.69) is 31.1 Å². The van der Waals surface area contributed by atoms with E-state index in [1.165, 1.54) is 11.3 Å². The maximum Gasteiger partial charge on any atom is 0.267 e. The van der Waals surface area contributed by atoms with E-state index < -0.39 is 0 Å². The molecule has 0 aliphatic heterocycles. The molecule has 0 aromatic carbocycles. The number of amides is 1. The number of rotatable bonds is 7. The molecule has 0 unspecified atom stereocenters. The second-order valence-electron chi connectivity index (χ2n) is 5.07. The molecule has 5 nitrogen and oxygen atoms in total. The summed E-state index contributed by atoms with van der Waals surface area (Å²) in [5, 5.41) is 3.88. The first-order valence-corrected chi connectivity index (χ1v) is 7.53. The van der Waals surface area contributed by atoms with E-state index in [-0.39, 0.29) is 5.91 Å². The zero-order chi connectivity index (χ0) is 14.4. The van der Waals surface area contributed by atoms with Crippen molar-refractivity contribution in [3.63, 3.8) is 0 Å². The predicted molar refractivity (Wildman–Crippen MR) is 81.7 cm³/mol. The van der Waals surface area contributed by atoms with Crippen LogP contribution in [-0.2, 0) is 0 Å². The van der Waals surface area contributed by atoms with Crippen LogP contribution >= 0.6 is 11.3 Å². The lowest BCUT2D eigenvalue weighted by Crippen LogP contribution is -2.28. The average molecular weight is 284 g/mol. The van der Waals surface area contributed by atoms with Crippen LogP contribution in [0.15, 0.2) is 0 Å². The first-order chi connectivity index (χ1) is 8.95. The van der Waals surface area contributed by atoms with Crippen molar-refractivity contribution in [2.24, 2.45) is 5.92 Å². The van der Waals surface area contributed by atoms with Gasteiger partial charge < -0.3 is 16.0 Å². The molecule has 1 rings (SSSR count). The molecule has 1 amide bonds. The maximum absolute atomic E-state index is 12.3. The Balaban J connectivity index is 2.67. The summed E-state index contributed by atoms with van der Waals surface area (Å²) in [6.45, 7) is 7.95. The summed E-state index contributed by atoms with van der Waals surface area (Å²) in [5.74, 6) is 0.862. The van der Waals surface area contributed by atoms with Crippen molar-refractivity contribution in [2.45, 2.75) is 33.6 Å². The molecule has 108 valence electrons. The fourth-order valence-corrected chi connectivity index (χ4v) is 2.42. The van der Waals surface area contributed by atoms with Crippen molar-refractivity contribution in [1.82, 2.24) is 9.88 Å². The number of nitrogens with zero attached hydrogens (tertiary/aromatic N) is 2. The van der Waals surface area contributed by atoms with Gasteiger partial charge in [0.1, 0.15) is 10.7 Å². The highest BCUT2D eigenvalue weighted by molar-refractivity contribution is 7.18. The van der Waals surface area contributed by atoms with Crippen LogP contribution in [0.5, 0.6) is 0 Å². The minimum Gasteiger partial charge on any atom is -0.382 e. The van der Waals surface area contributed by atoms with Gasteiger partial charge in [0.2, 0.25) is 0 Å². The van der Waals surface area contributed by atoms with Crippen LogP contribution in [-0.4, -0.2) is 35.9 Å². The van der Waals surface area contributed by atoms with Crippen LogP contribution in [0.2, 0.25) is 0 Å². The van der Waals surface area contributed by atoms with Gasteiger partial charge in [-0.25, -0.2) is 4.98 Å². The summed E-state index contributed by atoms with van der Waals surface area (Å²) in [6.07, 6.45) is 2.00. The molecule has 6 heteroatoms. The normalized spacial score (nSPS) is 10.8. The Morgan fingerprint density at radius 1 is 1.53 bits per heavy atom. The predicted octanol–water partition coefficient (Wildman–Crippen LogP) is 2.67. The largest absolute Gasteiger partial charge is 0.382 e. The summed E-state index contributed by atoms with van der Waals surface area (Å²) >= 11 is 1.33. The van der Waals surface area contributed by atoms with Crippen LogP contribution in [0.4, 0.5) is 10.9 Å². The number of thiazole rings is 1. The minimum absolute atomic E-state index is 0.0415. The Morgan fingerprint density at radius 2 is 2.21 bits per heavy atom. The molecular weight excluding hydrogens is 260 g/mol. The van der Waals surface area contributed by atoms with E-state index in [1.807, 2.05) is 7.05 Å². The third-order valence-corrected chi connectivity index (χ3v) is 3.78. The average Bonchev–Trinajstić information content (AvgIpc) is 2.73. The van der Waals surface area contributed by atoms with Gasteiger partial charge in [-0.1, -0.05) is 32.1 Å². The highest BCUT2D eigenvalue weighted by Crippen LogP contribution is 2.26. The van der Waals surface area contributed by atoms with Gasteiger partial charge in [0, 0.05) is 20.1 Å². The molecule has 0 spiro atoms. The summed E-state index contributed by atoms with van der Waals surface area (Å²) < 4.78 is 0. The highest BCUT2D eigenvalue weighted by atomic mass is 32.1. The topological polar surface area (TPSA) is 71.2 Å². The third kappa shape index (κ3) is 4.70. The number of hydrogen-bond donors (Lipinski definition) is 2. The SMILES string of the molecule is CCCNc1nc(N)c(C(=O)N(C)CCC(C)C)s1. The van der Waals surface area contributed by atoms with Crippen molar-refractivity contribution in [3.8, 4) is 0 Å². The van der Waals surface area contributed by atoms with E-state index in [4.69, 9.17) is 5.73 Å². The fraction of sp³-hybridized carbons (Fsp3) is 0.692. The van der Waals surface area contributed by atoms with Gasteiger partial charge in [-0.15, -0.1) is 0 Å². The zero-order valence-corrected chi connectivity index (χ0v) is 13.0. The van der Waals surface area contributed by atoms with Gasteiger partial charge in [0.25, 0.3) is 5.91 Å². The van der Waals surface area contributed by atoms with Crippen molar-refractivity contribution in [2.75, 3.05) is 31.2 Å². The quantitative estimate of drug-likeness (QED) is 0.807. The smallest absolute Gasteiger partial charge is 0.267 e. The van der Waals surface area contributed by atoms with E-state index in [1.54, 1.807) is 4.90 Å². The number of hydrogen-bond acceptors (Lipinski definition) is 5. The standard InChI is InChI=1S/C13H24N4OS/c1-5-7-15-13-16-11(14)10(19-13)12(18)17(4)8-6-9(2)3/h9H,5-8,14H2,1-4H3,(H,15,16). The maximum atomic E-state index is 12.3. The van der Waals surface area contributed by atoms with Gasteiger partial charge in [0.15, 0.2) is 5.13 Å². The lowest BCUT2D eigenvalue weighted by molar-refractivity contribution is 0.0794. The van der Waals surface area contributed by atoms with Crippen LogP contribution in [0, 0.1) is 5.92 Å². The molecule has 0 aliphatic rings. The fourth-order valence-electron chi connectivity index (χ4n) is 1.52. The van der Waals surface area contributed by atoms with Gasteiger partial charge in [-0.2, -0.15) is 0 Å². The Hall–Kier alpha value is -1.30. The monoisotopic (exact) mass is 284 g/mol. The number of aromatic nitrogens is 1. The molecule has 0 atom stereocenters. The zero-order valence-electron chi connectivity index (χ0n) is 12.2. The van der Waals surface area contributed by atoms with Crippen LogP contribution in [0.3, 0.4) is 0 Å². The van der Waals surface area contributed by atoms with Crippen molar-refractivity contribution >= 4 is 28.2 Å². The number of nitrogens with one attached hydrogen (secondary N) is 1. The van der Waals surface area contributed by atoms with E-state index in [9.17, 15) is 4.79 Å². The summed E-state index contributed by atoms with van der Waals surface area (Å²) in [7, 11) is 1.81. The third-order valence-electron chi connectivity index (χ3n) is 2.76. The van der Waals surface area contributed by atoms with Gasteiger partial charge in [0.05, 0.1) is 0 Å². The van der Waals surface area contributed by atoms with E-state index in [0.29, 0.717) is 16.6 Å². The summed E-state index contributed by atoms with van der Waals surface area (Å²) in [5.41, 5.74) is 5.82. The molecule has 0 aliphatic carbocycles. The Morgan fingerprint density at radius 3 is 2.79 bits per heavy atom. The lowest BCUT2D eigenvalue weighted by atomic mass is 10.1. The van der Waals surface area contributed by atoms with Crippen LogP contribution in [0.1, 0.15) is 43.3 Å². The number of nitrogen functional groups attached to an aromatic ring is 1. The minimum atomic E-state index is -0.0415. The Kier molecular flexibility index (Phi) is 6.08. The second kappa shape index (κ2) is 7.33.